The minimum Gasteiger partial charge on any atom is -0.493 e. The molecule has 2 rings (SSSR count). The molecule has 0 bridgehead atoms. The third-order valence-corrected chi connectivity index (χ3v) is 2.78. The maximum absolute atomic E-state index is 12.4. The molecule has 1 aromatic carbocycles. The van der Waals surface area contributed by atoms with Crippen LogP contribution in [0.5, 0.6) is 11.5 Å². The first-order chi connectivity index (χ1) is 11.6. The zero-order valence-electron chi connectivity index (χ0n) is 12.6. The van der Waals surface area contributed by atoms with E-state index in [1.807, 2.05) is 0 Å². The fourth-order valence-corrected chi connectivity index (χ4v) is 1.72. The Kier molecular flexibility index (Phi) is 5.24. The van der Waals surface area contributed by atoms with Crippen LogP contribution in [0.15, 0.2) is 30.3 Å². The molecule has 136 valence electrons. The number of rotatable bonds is 5. The van der Waals surface area contributed by atoms with E-state index in [0.29, 0.717) is 0 Å². The molecular formula is C14H11F6N3O2. The van der Waals surface area contributed by atoms with Gasteiger partial charge in [0, 0.05) is 11.8 Å². The predicted molar refractivity (Wildman–Crippen MR) is 74.9 cm³/mol. The molecule has 0 aliphatic heterocycles. The third-order valence-electron chi connectivity index (χ3n) is 2.78. The lowest BCUT2D eigenvalue weighted by molar-refractivity contribution is -0.153. The Morgan fingerprint density at radius 3 is 2.20 bits per heavy atom. The summed E-state index contributed by atoms with van der Waals surface area (Å²) in [7, 11) is 1.25. The van der Waals surface area contributed by atoms with Gasteiger partial charge in [0.2, 0.25) is 0 Å². The second-order valence-corrected chi connectivity index (χ2v) is 4.70. The average molecular weight is 367 g/mol. The lowest BCUT2D eigenvalue weighted by atomic mass is 10.2. The highest BCUT2D eigenvalue weighted by molar-refractivity contribution is 5.61. The van der Waals surface area contributed by atoms with Gasteiger partial charge in [-0.2, -0.15) is 26.3 Å². The Morgan fingerprint density at radius 1 is 0.960 bits per heavy atom. The largest absolute Gasteiger partial charge is 0.493 e. The molecule has 0 amide bonds. The maximum atomic E-state index is 12.4. The van der Waals surface area contributed by atoms with Crippen LogP contribution in [0.2, 0.25) is 0 Å². The standard InChI is InChI=1S/C14H11F6N3O2/c1-24-9-3-2-8(6-10(9)25-7-13(15,16)17)21-12-5-4-11(22-23-12)14(18,19)20/h2-6H,7H2,1H3,(H,21,23). The molecule has 11 heteroatoms. The lowest BCUT2D eigenvalue weighted by Gasteiger charge is -2.14. The van der Waals surface area contributed by atoms with E-state index in [2.05, 4.69) is 20.3 Å². The van der Waals surface area contributed by atoms with Crippen molar-refractivity contribution in [3.8, 4) is 11.5 Å². The molecule has 25 heavy (non-hydrogen) atoms. The molecule has 0 aliphatic carbocycles. The van der Waals surface area contributed by atoms with E-state index in [4.69, 9.17) is 4.74 Å². The quantitative estimate of drug-likeness (QED) is 0.804. The Balaban J connectivity index is 2.16. The summed E-state index contributed by atoms with van der Waals surface area (Å²) >= 11 is 0. The highest BCUT2D eigenvalue weighted by Crippen LogP contribution is 2.33. The van der Waals surface area contributed by atoms with E-state index < -0.39 is 24.7 Å². The molecule has 0 spiro atoms. The first kappa shape index (κ1) is 18.6. The number of methoxy groups -OCH3 is 1. The van der Waals surface area contributed by atoms with Crippen LogP contribution >= 0.6 is 0 Å². The Bertz CT molecular complexity index is 716. The van der Waals surface area contributed by atoms with E-state index in [1.165, 1.54) is 25.3 Å². The number of hydrogen-bond donors (Lipinski definition) is 1. The van der Waals surface area contributed by atoms with Crippen molar-refractivity contribution in [3.05, 3.63) is 36.0 Å². The Morgan fingerprint density at radius 2 is 1.68 bits per heavy atom. The lowest BCUT2D eigenvalue weighted by Crippen LogP contribution is -2.19. The van der Waals surface area contributed by atoms with Gasteiger partial charge in [0.1, 0.15) is 0 Å². The van der Waals surface area contributed by atoms with Gasteiger partial charge in [-0.05, 0) is 24.3 Å². The molecule has 2 aromatic rings. The van der Waals surface area contributed by atoms with Gasteiger partial charge in [-0.1, -0.05) is 0 Å². The van der Waals surface area contributed by atoms with Gasteiger partial charge < -0.3 is 14.8 Å². The van der Waals surface area contributed by atoms with Crippen LogP contribution in [0.1, 0.15) is 5.69 Å². The topological polar surface area (TPSA) is 56.3 Å². The Hall–Kier alpha value is -2.72. The number of alkyl halides is 6. The highest BCUT2D eigenvalue weighted by atomic mass is 19.4. The number of nitrogens with zero attached hydrogens (tertiary/aromatic N) is 2. The van der Waals surface area contributed by atoms with Crippen LogP contribution in [0.25, 0.3) is 0 Å². The number of anilines is 2. The first-order valence-corrected chi connectivity index (χ1v) is 6.64. The summed E-state index contributed by atoms with van der Waals surface area (Å²) in [5.41, 5.74) is -0.936. The fourth-order valence-electron chi connectivity index (χ4n) is 1.72. The van der Waals surface area contributed by atoms with Gasteiger partial charge >= 0.3 is 12.4 Å². The summed E-state index contributed by atoms with van der Waals surface area (Å²) in [5.74, 6) is -0.155. The number of ether oxygens (including phenoxy) is 2. The van der Waals surface area contributed by atoms with Crippen LogP contribution in [-0.2, 0) is 6.18 Å². The van der Waals surface area contributed by atoms with Crippen molar-refractivity contribution in [2.75, 3.05) is 19.0 Å². The molecule has 1 N–H and O–H groups in total. The summed E-state index contributed by atoms with van der Waals surface area (Å²) in [6.07, 6.45) is -9.16. The van der Waals surface area contributed by atoms with Crippen molar-refractivity contribution in [1.29, 1.82) is 0 Å². The summed E-state index contributed by atoms with van der Waals surface area (Å²) in [5, 5.41) is 9.01. The van der Waals surface area contributed by atoms with Crippen LogP contribution in [0.4, 0.5) is 37.8 Å². The molecule has 0 unspecified atom stereocenters. The van der Waals surface area contributed by atoms with Crippen molar-refractivity contribution in [3.63, 3.8) is 0 Å². The molecule has 5 nitrogen and oxygen atoms in total. The summed E-state index contributed by atoms with van der Waals surface area (Å²) in [4.78, 5) is 0. The van der Waals surface area contributed by atoms with Gasteiger partial charge in [0.15, 0.2) is 29.6 Å². The SMILES string of the molecule is COc1ccc(Nc2ccc(C(F)(F)F)nn2)cc1OCC(F)(F)F. The third kappa shape index (κ3) is 5.40. The number of hydrogen-bond acceptors (Lipinski definition) is 5. The van der Waals surface area contributed by atoms with E-state index in [9.17, 15) is 26.3 Å². The van der Waals surface area contributed by atoms with Crippen molar-refractivity contribution < 1.29 is 35.8 Å². The average Bonchev–Trinajstić information content (AvgIpc) is 2.52. The van der Waals surface area contributed by atoms with E-state index in [0.717, 1.165) is 12.1 Å². The van der Waals surface area contributed by atoms with Crippen molar-refractivity contribution in [2.45, 2.75) is 12.4 Å². The number of nitrogens with one attached hydrogen (secondary N) is 1. The summed E-state index contributed by atoms with van der Waals surface area (Å²) in [6.45, 7) is -1.52. The van der Waals surface area contributed by atoms with Gasteiger partial charge in [0.25, 0.3) is 0 Å². The highest BCUT2D eigenvalue weighted by Gasteiger charge is 2.33. The van der Waals surface area contributed by atoms with Crippen molar-refractivity contribution in [2.24, 2.45) is 0 Å². The van der Waals surface area contributed by atoms with Gasteiger partial charge in [-0.25, -0.2) is 0 Å². The van der Waals surface area contributed by atoms with E-state index in [-0.39, 0.29) is 23.0 Å². The first-order valence-electron chi connectivity index (χ1n) is 6.64. The summed E-state index contributed by atoms with van der Waals surface area (Å²) in [6, 6.07) is 5.73. The fraction of sp³-hybridized carbons (Fsp3) is 0.286. The van der Waals surface area contributed by atoms with Crippen LogP contribution in [-0.4, -0.2) is 30.1 Å². The molecule has 1 heterocycles. The minimum atomic E-state index is -4.62. The van der Waals surface area contributed by atoms with Crippen molar-refractivity contribution >= 4 is 11.5 Å². The molecule has 0 saturated heterocycles. The van der Waals surface area contributed by atoms with Crippen LogP contribution in [0, 0.1) is 0 Å². The Labute approximate surface area is 137 Å². The molecule has 0 aliphatic rings. The van der Waals surface area contributed by atoms with Gasteiger partial charge in [-0.15, -0.1) is 10.2 Å². The van der Waals surface area contributed by atoms with E-state index >= 15 is 0 Å². The predicted octanol–water partition coefficient (Wildman–Crippen LogP) is 4.19. The maximum Gasteiger partial charge on any atom is 0.435 e. The zero-order chi connectivity index (χ0) is 18.7. The van der Waals surface area contributed by atoms with Crippen LogP contribution in [0.3, 0.4) is 0 Å². The molecule has 1 aromatic heterocycles. The number of halogens is 6. The molecular weight excluding hydrogens is 356 g/mol. The molecule has 0 fully saturated rings. The van der Waals surface area contributed by atoms with Gasteiger partial charge in [0.05, 0.1) is 7.11 Å². The molecule has 0 radical (unpaired) electrons. The smallest absolute Gasteiger partial charge is 0.435 e. The minimum absolute atomic E-state index is 0.0278. The van der Waals surface area contributed by atoms with Crippen LogP contribution < -0.4 is 14.8 Å². The summed E-state index contributed by atoms with van der Waals surface area (Å²) < 4.78 is 83.6. The van der Waals surface area contributed by atoms with Crippen molar-refractivity contribution in [1.82, 2.24) is 10.2 Å². The number of aromatic nitrogens is 2. The molecule has 0 atom stereocenters. The van der Waals surface area contributed by atoms with E-state index in [1.54, 1.807) is 0 Å². The number of benzene rings is 1. The monoisotopic (exact) mass is 367 g/mol. The molecule has 0 saturated carbocycles. The normalized spacial score (nSPS) is 12.0. The zero-order valence-corrected chi connectivity index (χ0v) is 12.6. The second kappa shape index (κ2) is 7.03. The second-order valence-electron chi connectivity index (χ2n) is 4.70. The van der Waals surface area contributed by atoms with Gasteiger partial charge in [-0.3, -0.25) is 0 Å².